The van der Waals surface area contributed by atoms with E-state index in [9.17, 15) is 13.2 Å². The van der Waals surface area contributed by atoms with E-state index in [0.717, 1.165) is 16.5 Å². The van der Waals surface area contributed by atoms with Gasteiger partial charge in [-0.05, 0) is 48.6 Å². The fourth-order valence-corrected chi connectivity index (χ4v) is 4.53. The van der Waals surface area contributed by atoms with Gasteiger partial charge in [0, 0.05) is 18.3 Å². The SMILES string of the molecule is CCS(=O)(=O)N(C)c1ccc2sc(C(=O)NCCc3ccccc3)cc2c1. The van der Waals surface area contributed by atoms with E-state index in [2.05, 4.69) is 5.32 Å². The molecular weight excluding hydrogens is 380 g/mol. The smallest absolute Gasteiger partial charge is 0.261 e. The van der Waals surface area contributed by atoms with Crippen LogP contribution in [0.3, 0.4) is 0 Å². The lowest BCUT2D eigenvalue weighted by Gasteiger charge is -2.18. The Labute approximate surface area is 163 Å². The third-order valence-corrected chi connectivity index (χ3v) is 7.30. The van der Waals surface area contributed by atoms with E-state index in [0.29, 0.717) is 17.1 Å². The minimum Gasteiger partial charge on any atom is -0.351 e. The molecule has 0 atom stereocenters. The summed E-state index contributed by atoms with van der Waals surface area (Å²) in [6.07, 6.45) is 0.779. The molecule has 3 rings (SSSR count). The van der Waals surface area contributed by atoms with Crippen molar-refractivity contribution in [2.24, 2.45) is 0 Å². The number of hydrogen-bond donors (Lipinski definition) is 1. The fraction of sp³-hybridized carbons (Fsp3) is 0.250. The van der Waals surface area contributed by atoms with Crippen molar-refractivity contribution in [1.29, 1.82) is 0 Å². The number of rotatable bonds is 7. The number of carbonyl (C=O) groups excluding carboxylic acids is 1. The van der Waals surface area contributed by atoms with E-state index in [1.165, 1.54) is 21.2 Å². The molecule has 1 aromatic heterocycles. The van der Waals surface area contributed by atoms with E-state index in [4.69, 9.17) is 0 Å². The maximum atomic E-state index is 12.4. The van der Waals surface area contributed by atoms with Gasteiger partial charge in [-0.2, -0.15) is 0 Å². The van der Waals surface area contributed by atoms with Gasteiger partial charge in [0.1, 0.15) is 0 Å². The normalized spacial score (nSPS) is 11.5. The predicted octanol–water partition coefficient (Wildman–Crippen LogP) is 3.66. The number of nitrogens with one attached hydrogen (secondary N) is 1. The van der Waals surface area contributed by atoms with Gasteiger partial charge in [-0.3, -0.25) is 9.10 Å². The van der Waals surface area contributed by atoms with Gasteiger partial charge in [0.05, 0.1) is 16.3 Å². The van der Waals surface area contributed by atoms with Gasteiger partial charge in [-0.1, -0.05) is 30.3 Å². The average molecular weight is 403 g/mol. The van der Waals surface area contributed by atoms with Crippen LogP contribution in [0, 0.1) is 0 Å². The Morgan fingerprint density at radius 1 is 1.11 bits per heavy atom. The Morgan fingerprint density at radius 2 is 1.85 bits per heavy atom. The third kappa shape index (κ3) is 4.48. The maximum absolute atomic E-state index is 12.4. The van der Waals surface area contributed by atoms with Crippen molar-refractivity contribution in [2.45, 2.75) is 13.3 Å². The highest BCUT2D eigenvalue weighted by Gasteiger charge is 2.17. The minimum atomic E-state index is -3.31. The predicted molar refractivity (Wildman–Crippen MR) is 112 cm³/mol. The lowest BCUT2D eigenvalue weighted by atomic mass is 10.1. The Balaban J connectivity index is 1.71. The van der Waals surface area contributed by atoms with Crippen LogP contribution in [0.25, 0.3) is 10.1 Å². The molecule has 0 radical (unpaired) electrons. The quantitative estimate of drug-likeness (QED) is 0.656. The summed E-state index contributed by atoms with van der Waals surface area (Å²) < 4.78 is 26.3. The molecule has 3 aromatic rings. The highest BCUT2D eigenvalue weighted by atomic mass is 32.2. The molecule has 0 aliphatic heterocycles. The summed E-state index contributed by atoms with van der Waals surface area (Å²) in [5, 5.41) is 3.81. The molecule has 142 valence electrons. The van der Waals surface area contributed by atoms with Crippen LogP contribution in [0.4, 0.5) is 5.69 Å². The first-order chi connectivity index (χ1) is 12.9. The standard InChI is InChI=1S/C20H22N2O3S2/c1-3-27(24,25)22(2)17-9-10-18-16(13-17)14-19(26-18)20(23)21-12-11-15-7-5-4-6-8-15/h4-10,13-14H,3,11-12H2,1-2H3,(H,21,23). The largest absolute Gasteiger partial charge is 0.351 e. The zero-order valence-corrected chi connectivity index (χ0v) is 16.9. The third-order valence-electron chi connectivity index (χ3n) is 4.41. The zero-order valence-electron chi connectivity index (χ0n) is 15.3. The second kappa shape index (κ2) is 8.10. The van der Waals surface area contributed by atoms with Crippen molar-refractivity contribution in [3.05, 3.63) is 65.0 Å². The van der Waals surface area contributed by atoms with Gasteiger partial charge in [0.2, 0.25) is 10.0 Å². The van der Waals surface area contributed by atoms with Crippen molar-refractivity contribution >= 4 is 43.0 Å². The molecule has 0 spiro atoms. The van der Waals surface area contributed by atoms with Crippen LogP contribution in [-0.4, -0.2) is 33.7 Å². The number of carbonyl (C=O) groups is 1. The first-order valence-electron chi connectivity index (χ1n) is 8.73. The van der Waals surface area contributed by atoms with Gasteiger partial charge in [-0.15, -0.1) is 11.3 Å². The zero-order chi connectivity index (χ0) is 19.4. The Morgan fingerprint density at radius 3 is 2.56 bits per heavy atom. The molecule has 0 fully saturated rings. The van der Waals surface area contributed by atoms with Crippen LogP contribution in [0.1, 0.15) is 22.2 Å². The second-order valence-corrected chi connectivity index (χ2v) is 9.57. The molecular formula is C20H22N2O3S2. The molecule has 1 amide bonds. The highest BCUT2D eigenvalue weighted by molar-refractivity contribution is 7.92. The number of nitrogens with zero attached hydrogens (tertiary/aromatic N) is 1. The lowest BCUT2D eigenvalue weighted by molar-refractivity contribution is 0.0958. The summed E-state index contributed by atoms with van der Waals surface area (Å²) in [6, 6.07) is 17.3. The highest BCUT2D eigenvalue weighted by Crippen LogP contribution is 2.30. The molecule has 2 aromatic carbocycles. The molecule has 0 saturated heterocycles. The van der Waals surface area contributed by atoms with Crippen molar-refractivity contribution in [3.63, 3.8) is 0 Å². The molecule has 0 aliphatic carbocycles. The molecule has 0 unspecified atom stereocenters. The molecule has 1 heterocycles. The number of benzene rings is 2. The van der Waals surface area contributed by atoms with Crippen molar-refractivity contribution in [1.82, 2.24) is 5.32 Å². The number of hydrogen-bond acceptors (Lipinski definition) is 4. The number of anilines is 1. The van der Waals surface area contributed by atoms with Crippen molar-refractivity contribution in [3.8, 4) is 0 Å². The number of sulfonamides is 1. The van der Waals surface area contributed by atoms with Gasteiger partial charge < -0.3 is 5.32 Å². The monoisotopic (exact) mass is 402 g/mol. The number of thiophene rings is 1. The van der Waals surface area contributed by atoms with Crippen molar-refractivity contribution < 1.29 is 13.2 Å². The molecule has 0 aliphatic rings. The van der Waals surface area contributed by atoms with Crippen LogP contribution in [0.5, 0.6) is 0 Å². The van der Waals surface area contributed by atoms with Crippen molar-refractivity contribution in [2.75, 3.05) is 23.7 Å². The molecule has 27 heavy (non-hydrogen) atoms. The minimum absolute atomic E-state index is 0.0419. The summed E-state index contributed by atoms with van der Waals surface area (Å²) >= 11 is 1.41. The molecule has 5 nitrogen and oxygen atoms in total. The van der Waals surface area contributed by atoms with E-state index in [-0.39, 0.29) is 11.7 Å². The van der Waals surface area contributed by atoms with Crippen LogP contribution in [-0.2, 0) is 16.4 Å². The lowest BCUT2D eigenvalue weighted by Crippen LogP contribution is -2.27. The number of fused-ring (bicyclic) bond motifs is 1. The van der Waals surface area contributed by atoms with Crippen LogP contribution >= 0.6 is 11.3 Å². The molecule has 7 heteroatoms. The molecule has 0 bridgehead atoms. The summed E-state index contributed by atoms with van der Waals surface area (Å²) in [7, 11) is -1.77. The molecule has 1 N–H and O–H groups in total. The Bertz CT molecular complexity index is 1040. The summed E-state index contributed by atoms with van der Waals surface area (Å²) in [5.41, 5.74) is 1.78. The van der Waals surface area contributed by atoms with Crippen LogP contribution in [0.15, 0.2) is 54.6 Å². The summed E-state index contributed by atoms with van der Waals surface area (Å²) in [5.74, 6) is -0.0662. The van der Waals surface area contributed by atoms with E-state index < -0.39 is 10.0 Å². The van der Waals surface area contributed by atoms with Crippen LogP contribution < -0.4 is 9.62 Å². The maximum Gasteiger partial charge on any atom is 0.261 e. The number of amides is 1. The molecule has 0 saturated carbocycles. The Kier molecular flexibility index (Phi) is 5.82. The summed E-state index contributed by atoms with van der Waals surface area (Å²) in [4.78, 5) is 13.0. The summed E-state index contributed by atoms with van der Waals surface area (Å²) in [6.45, 7) is 2.19. The van der Waals surface area contributed by atoms with E-state index >= 15 is 0 Å². The first-order valence-corrected chi connectivity index (χ1v) is 11.2. The fourth-order valence-electron chi connectivity index (χ4n) is 2.74. The second-order valence-electron chi connectivity index (χ2n) is 6.19. The van der Waals surface area contributed by atoms with E-state index in [1.54, 1.807) is 26.1 Å². The van der Waals surface area contributed by atoms with Crippen LogP contribution in [0.2, 0.25) is 0 Å². The van der Waals surface area contributed by atoms with Gasteiger partial charge in [0.25, 0.3) is 5.91 Å². The first kappa shape index (κ1) is 19.4. The van der Waals surface area contributed by atoms with E-state index in [1.807, 2.05) is 42.5 Å². The average Bonchev–Trinajstić information content (AvgIpc) is 3.11. The topological polar surface area (TPSA) is 66.5 Å². The van der Waals surface area contributed by atoms with Gasteiger partial charge in [-0.25, -0.2) is 8.42 Å². The van der Waals surface area contributed by atoms with Gasteiger partial charge >= 0.3 is 0 Å². The van der Waals surface area contributed by atoms with Gasteiger partial charge in [0.15, 0.2) is 0 Å². The Hall–Kier alpha value is -2.38.